The van der Waals surface area contributed by atoms with Crippen LogP contribution in [0.1, 0.15) is 18.0 Å². The third-order valence-corrected chi connectivity index (χ3v) is 3.01. The van der Waals surface area contributed by atoms with Crippen LogP contribution in [-0.2, 0) is 0 Å². The molecule has 2 N–H and O–H groups in total. The maximum absolute atomic E-state index is 8.80. The van der Waals surface area contributed by atoms with E-state index < -0.39 is 0 Å². The summed E-state index contributed by atoms with van der Waals surface area (Å²) in [5, 5.41) is 12.1. The summed E-state index contributed by atoms with van der Waals surface area (Å²) in [6.07, 6.45) is 0.948. The van der Waals surface area contributed by atoms with E-state index in [2.05, 4.69) is 27.3 Å². The summed E-state index contributed by atoms with van der Waals surface area (Å²) in [6.45, 7) is 1.52. The largest absolute Gasteiger partial charge is 0.493 e. The molecule has 0 radical (unpaired) electrons. The lowest BCUT2D eigenvalue weighted by molar-refractivity contribution is 0.237. The average molecular weight is 272 g/mol. The maximum atomic E-state index is 8.80. The Hall–Kier alpha value is -0.580. The lowest BCUT2D eigenvalue weighted by Crippen LogP contribution is -2.29. The summed E-state index contributed by atoms with van der Waals surface area (Å²) < 4.78 is 6.62. The van der Waals surface area contributed by atoms with Gasteiger partial charge in [0.05, 0.1) is 13.2 Å². The van der Waals surface area contributed by atoms with Crippen LogP contribution >= 0.6 is 15.9 Å². The van der Waals surface area contributed by atoms with Crippen molar-refractivity contribution in [3.05, 3.63) is 28.2 Å². The predicted molar refractivity (Wildman–Crippen MR) is 62.1 cm³/mol. The third-order valence-electron chi connectivity index (χ3n) is 2.51. The Balaban J connectivity index is 2.20. The smallest absolute Gasteiger partial charge is 0.124 e. The molecule has 0 aliphatic carbocycles. The summed E-state index contributed by atoms with van der Waals surface area (Å²) >= 11 is 3.45. The zero-order chi connectivity index (χ0) is 10.7. The zero-order valence-corrected chi connectivity index (χ0v) is 9.96. The van der Waals surface area contributed by atoms with Crippen LogP contribution in [0.3, 0.4) is 0 Å². The Kier molecular flexibility index (Phi) is 3.61. The lowest BCUT2D eigenvalue weighted by Gasteiger charge is -2.26. The van der Waals surface area contributed by atoms with Gasteiger partial charge < -0.3 is 15.2 Å². The number of rotatable bonds is 3. The molecule has 1 atom stereocenters. The molecule has 1 aromatic rings. The number of halogens is 1. The highest BCUT2D eigenvalue weighted by molar-refractivity contribution is 9.10. The van der Waals surface area contributed by atoms with Gasteiger partial charge in [-0.15, -0.1) is 0 Å². The Labute approximate surface area is 97.6 Å². The number of fused-ring (bicyclic) bond motifs is 1. The number of aliphatic hydroxyl groups is 1. The number of benzene rings is 1. The third kappa shape index (κ3) is 2.51. The molecule has 0 fully saturated rings. The first-order valence-corrected chi connectivity index (χ1v) is 5.87. The monoisotopic (exact) mass is 271 g/mol. The number of aliphatic hydroxyl groups excluding tert-OH is 1. The zero-order valence-electron chi connectivity index (χ0n) is 8.37. The summed E-state index contributed by atoms with van der Waals surface area (Å²) in [5.74, 6) is 0.944. The van der Waals surface area contributed by atoms with E-state index in [1.54, 1.807) is 0 Å². The fourth-order valence-electron chi connectivity index (χ4n) is 1.82. The van der Waals surface area contributed by atoms with Crippen LogP contribution in [0.25, 0.3) is 0 Å². The Bertz CT molecular complexity index is 343. The van der Waals surface area contributed by atoms with Gasteiger partial charge >= 0.3 is 0 Å². The molecule has 1 aromatic carbocycles. The van der Waals surface area contributed by atoms with Gasteiger partial charge in [0.25, 0.3) is 0 Å². The molecule has 1 unspecified atom stereocenters. The van der Waals surface area contributed by atoms with E-state index in [4.69, 9.17) is 9.84 Å². The van der Waals surface area contributed by atoms with Crippen LogP contribution in [0.5, 0.6) is 5.75 Å². The first-order chi connectivity index (χ1) is 7.31. The van der Waals surface area contributed by atoms with Crippen LogP contribution in [0.2, 0.25) is 0 Å². The fraction of sp³-hybridized carbons (Fsp3) is 0.455. The number of ether oxygens (including phenoxy) is 1. The van der Waals surface area contributed by atoms with Gasteiger partial charge in [-0.3, -0.25) is 0 Å². The molecule has 0 aromatic heterocycles. The Morgan fingerprint density at radius 2 is 2.40 bits per heavy atom. The van der Waals surface area contributed by atoms with E-state index in [1.807, 2.05) is 12.1 Å². The first-order valence-electron chi connectivity index (χ1n) is 5.08. The molecule has 82 valence electrons. The SMILES string of the molecule is OCCNC1CCOc2ccc(Br)cc21. The highest BCUT2D eigenvalue weighted by Gasteiger charge is 2.20. The van der Waals surface area contributed by atoms with Gasteiger partial charge in [0.2, 0.25) is 0 Å². The summed E-state index contributed by atoms with van der Waals surface area (Å²) in [4.78, 5) is 0. The molecule has 1 heterocycles. The molecular formula is C11H14BrNO2. The van der Waals surface area contributed by atoms with Crippen molar-refractivity contribution in [2.75, 3.05) is 19.8 Å². The normalized spacial score (nSPS) is 19.5. The van der Waals surface area contributed by atoms with Gasteiger partial charge in [0.1, 0.15) is 5.75 Å². The summed E-state index contributed by atoms with van der Waals surface area (Å²) in [6, 6.07) is 6.32. The van der Waals surface area contributed by atoms with Crippen molar-refractivity contribution in [3.63, 3.8) is 0 Å². The predicted octanol–water partition coefficient (Wildman–Crippen LogP) is 1.85. The first kappa shape index (κ1) is 10.9. The van der Waals surface area contributed by atoms with E-state index in [1.165, 1.54) is 5.56 Å². The minimum Gasteiger partial charge on any atom is -0.493 e. The summed E-state index contributed by atoms with van der Waals surface area (Å²) in [7, 11) is 0. The second-order valence-electron chi connectivity index (χ2n) is 3.55. The molecule has 4 heteroatoms. The van der Waals surface area contributed by atoms with Gasteiger partial charge in [0.15, 0.2) is 0 Å². The maximum Gasteiger partial charge on any atom is 0.124 e. The molecule has 0 spiro atoms. The molecule has 1 aliphatic rings. The summed E-state index contributed by atoms with van der Waals surface area (Å²) in [5.41, 5.74) is 1.17. The Morgan fingerprint density at radius 1 is 1.53 bits per heavy atom. The molecule has 2 rings (SSSR count). The van der Waals surface area contributed by atoms with Crippen LogP contribution in [0.4, 0.5) is 0 Å². The number of nitrogens with one attached hydrogen (secondary N) is 1. The topological polar surface area (TPSA) is 41.5 Å². The second kappa shape index (κ2) is 4.96. The van der Waals surface area contributed by atoms with Crippen LogP contribution < -0.4 is 10.1 Å². The molecule has 0 amide bonds. The van der Waals surface area contributed by atoms with E-state index in [-0.39, 0.29) is 6.61 Å². The lowest BCUT2D eigenvalue weighted by atomic mass is 10.0. The minimum atomic E-state index is 0.167. The van der Waals surface area contributed by atoms with Crippen molar-refractivity contribution in [1.29, 1.82) is 0 Å². The molecule has 3 nitrogen and oxygen atoms in total. The van der Waals surface area contributed by atoms with Crippen LogP contribution in [-0.4, -0.2) is 24.9 Å². The van der Waals surface area contributed by atoms with Crippen LogP contribution in [0, 0.1) is 0 Å². The molecule has 1 aliphatic heterocycles. The van der Waals surface area contributed by atoms with Gasteiger partial charge in [-0.05, 0) is 18.2 Å². The molecule has 0 saturated carbocycles. The number of hydrogen-bond acceptors (Lipinski definition) is 3. The molecular weight excluding hydrogens is 258 g/mol. The van der Waals surface area contributed by atoms with Gasteiger partial charge in [-0.25, -0.2) is 0 Å². The van der Waals surface area contributed by atoms with Crippen molar-refractivity contribution >= 4 is 15.9 Å². The van der Waals surface area contributed by atoms with E-state index in [0.29, 0.717) is 12.6 Å². The standard InChI is InChI=1S/C11H14BrNO2/c12-8-1-2-11-9(7-8)10(3-6-15-11)13-4-5-14/h1-2,7,10,13-14H,3-6H2. The van der Waals surface area contributed by atoms with Crippen molar-refractivity contribution < 1.29 is 9.84 Å². The van der Waals surface area contributed by atoms with E-state index in [0.717, 1.165) is 23.2 Å². The molecule has 0 saturated heterocycles. The van der Waals surface area contributed by atoms with Crippen molar-refractivity contribution in [2.45, 2.75) is 12.5 Å². The van der Waals surface area contributed by atoms with Crippen molar-refractivity contribution in [2.24, 2.45) is 0 Å². The average Bonchev–Trinajstić information content (AvgIpc) is 2.26. The fourth-order valence-corrected chi connectivity index (χ4v) is 2.19. The van der Waals surface area contributed by atoms with E-state index >= 15 is 0 Å². The van der Waals surface area contributed by atoms with Crippen molar-refractivity contribution in [3.8, 4) is 5.75 Å². The minimum absolute atomic E-state index is 0.167. The van der Waals surface area contributed by atoms with Crippen molar-refractivity contribution in [1.82, 2.24) is 5.32 Å². The molecule has 0 bridgehead atoms. The van der Waals surface area contributed by atoms with Gasteiger partial charge in [0, 0.05) is 29.0 Å². The Morgan fingerprint density at radius 3 is 3.20 bits per heavy atom. The van der Waals surface area contributed by atoms with Gasteiger partial charge in [-0.1, -0.05) is 15.9 Å². The quantitative estimate of drug-likeness (QED) is 0.882. The van der Waals surface area contributed by atoms with E-state index in [9.17, 15) is 0 Å². The highest BCUT2D eigenvalue weighted by Crippen LogP contribution is 2.33. The molecule has 15 heavy (non-hydrogen) atoms. The second-order valence-corrected chi connectivity index (χ2v) is 4.47. The van der Waals surface area contributed by atoms with Gasteiger partial charge in [-0.2, -0.15) is 0 Å². The van der Waals surface area contributed by atoms with Crippen LogP contribution in [0.15, 0.2) is 22.7 Å². The number of hydrogen-bond donors (Lipinski definition) is 2. The highest BCUT2D eigenvalue weighted by atomic mass is 79.9.